The molecule has 2 aromatic rings. The monoisotopic (exact) mass is 412 g/mol. The Hall–Kier alpha value is -2.87. The van der Waals surface area contributed by atoms with Gasteiger partial charge in [0.2, 0.25) is 5.95 Å². The lowest BCUT2D eigenvalue weighted by molar-refractivity contribution is 0.0854. The molecule has 0 unspecified atom stereocenters. The fourth-order valence-electron chi connectivity index (χ4n) is 3.53. The number of carbonyl (C=O) groups is 1. The number of benzene rings is 1. The molecular weight excluding hydrogens is 380 g/mol. The predicted octanol–water partition coefficient (Wildman–Crippen LogP) is 3.32. The van der Waals surface area contributed by atoms with E-state index < -0.39 is 0 Å². The SMILES string of the molecule is CNc1cnc(Nc2ccc(C(=O)NC(C)C)cc2C)nc1N(C)C1CCOCC1. The van der Waals surface area contributed by atoms with Gasteiger partial charge in [-0.05, 0) is 57.4 Å². The smallest absolute Gasteiger partial charge is 0.251 e. The van der Waals surface area contributed by atoms with E-state index in [2.05, 4.69) is 32.9 Å². The predicted molar refractivity (Wildman–Crippen MR) is 121 cm³/mol. The van der Waals surface area contributed by atoms with Crippen LogP contribution in [0.2, 0.25) is 0 Å². The first-order valence-corrected chi connectivity index (χ1v) is 10.4. The van der Waals surface area contributed by atoms with Gasteiger partial charge < -0.3 is 25.6 Å². The van der Waals surface area contributed by atoms with Gasteiger partial charge in [0.05, 0.1) is 11.9 Å². The molecule has 3 N–H and O–H groups in total. The molecule has 0 spiro atoms. The minimum atomic E-state index is -0.0744. The molecule has 0 aliphatic carbocycles. The van der Waals surface area contributed by atoms with Crippen molar-refractivity contribution < 1.29 is 9.53 Å². The summed E-state index contributed by atoms with van der Waals surface area (Å²) in [5.74, 6) is 1.30. The largest absolute Gasteiger partial charge is 0.384 e. The minimum Gasteiger partial charge on any atom is -0.384 e. The molecule has 8 nitrogen and oxygen atoms in total. The zero-order valence-corrected chi connectivity index (χ0v) is 18.5. The van der Waals surface area contributed by atoms with Gasteiger partial charge in [0, 0.05) is 50.6 Å². The normalized spacial score (nSPS) is 14.5. The van der Waals surface area contributed by atoms with Crippen LogP contribution in [0, 0.1) is 6.92 Å². The second kappa shape index (κ2) is 9.75. The standard InChI is InChI=1S/C22H32N6O2/c1-14(2)25-21(29)16-6-7-18(15(3)12-16)26-22-24-13-19(23-4)20(27-22)28(5)17-8-10-30-11-9-17/h6-7,12-14,17,23H,8-11H2,1-5H3,(H,25,29)(H,24,26,27). The molecule has 0 bridgehead atoms. The van der Waals surface area contributed by atoms with E-state index in [0.29, 0.717) is 17.6 Å². The van der Waals surface area contributed by atoms with Gasteiger partial charge in [-0.15, -0.1) is 0 Å². The maximum Gasteiger partial charge on any atom is 0.251 e. The van der Waals surface area contributed by atoms with E-state index in [1.807, 2.05) is 46.0 Å². The summed E-state index contributed by atoms with van der Waals surface area (Å²) in [6.45, 7) is 7.40. The molecule has 1 aromatic carbocycles. The summed E-state index contributed by atoms with van der Waals surface area (Å²) < 4.78 is 5.49. The summed E-state index contributed by atoms with van der Waals surface area (Å²) >= 11 is 0. The van der Waals surface area contributed by atoms with Crippen molar-refractivity contribution >= 4 is 29.0 Å². The van der Waals surface area contributed by atoms with Gasteiger partial charge in [-0.25, -0.2) is 4.98 Å². The van der Waals surface area contributed by atoms with Gasteiger partial charge in [-0.2, -0.15) is 4.98 Å². The Balaban J connectivity index is 1.80. The van der Waals surface area contributed by atoms with E-state index >= 15 is 0 Å². The molecule has 3 rings (SSSR count). The van der Waals surface area contributed by atoms with Crippen molar-refractivity contribution in [2.45, 2.75) is 45.7 Å². The maximum absolute atomic E-state index is 12.2. The van der Waals surface area contributed by atoms with Crippen LogP contribution in [0.3, 0.4) is 0 Å². The van der Waals surface area contributed by atoms with Crippen molar-refractivity contribution in [3.8, 4) is 0 Å². The topological polar surface area (TPSA) is 91.4 Å². The first-order valence-electron chi connectivity index (χ1n) is 10.4. The average Bonchev–Trinajstić information content (AvgIpc) is 2.74. The first-order chi connectivity index (χ1) is 14.4. The van der Waals surface area contributed by atoms with Crippen LogP contribution in [-0.2, 0) is 4.74 Å². The number of hydrogen-bond acceptors (Lipinski definition) is 7. The quantitative estimate of drug-likeness (QED) is 0.642. The van der Waals surface area contributed by atoms with Gasteiger partial charge in [0.25, 0.3) is 5.91 Å². The molecule has 1 aliphatic heterocycles. The summed E-state index contributed by atoms with van der Waals surface area (Å²) in [5, 5.41) is 9.39. The molecule has 0 atom stereocenters. The molecule has 8 heteroatoms. The Morgan fingerprint density at radius 2 is 1.97 bits per heavy atom. The zero-order chi connectivity index (χ0) is 21.7. The molecule has 1 aliphatic rings. The molecular formula is C22H32N6O2. The second-order valence-electron chi connectivity index (χ2n) is 7.92. The Morgan fingerprint density at radius 1 is 1.23 bits per heavy atom. The number of amides is 1. The van der Waals surface area contributed by atoms with Gasteiger partial charge in [0.15, 0.2) is 5.82 Å². The summed E-state index contributed by atoms with van der Waals surface area (Å²) in [7, 11) is 3.94. The number of aryl methyl sites for hydroxylation is 1. The molecule has 30 heavy (non-hydrogen) atoms. The van der Waals surface area contributed by atoms with Crippen molar-refractivity contribution in [3.63, 3.8) is 0 Å². The summed E-state index contributed by atoms with van der Waals surface area (Å²) in [6.07, 6.45) is 3.75. The number of nitrogens with zero attached hydrogens (tertiary/aromatic N) is 3. The Morgan fingerprint density at radius 3 is 2.60 bits per heavy atom. The third-order valence-corrected chi connectivity index (χ3v) is 5.27. The molecule has 0 saturated carbocycles. The Kier molecular flexibility index (Phi) is 7.10. The third-order valence-electron chi connectivity index (χ3n) is 5.27. The number of ether oxygens (including phenoxy) is 1. The lowest BCUT2D eigenvalue weighted by Gasteiger charge is -2.33. The number of hydrogen-bond donors (Lipinski definition) is 3. The maximum atomic E-state index is 12.2. The van der Waals surface area contributed by atoms with Gasteiger partial charge in [-0.1, -0.05) is 0 Å². The third kappa shape index (κ3) is 5.18. The van der Waals surface area contributed by atoms with E-state index in [1.54, 1.807) is 6.20 Å². The van der Waals surface area contributed by atoms with Crippen LogP contribution in [-0.4, -0.2) is 55.3 Å². The molecule has 162 valence electrons. The van der Waals surface area contributed by atoms with Gasteiger partial charge in [0.1, 0.15) is 0 Å². The van der Waals surface area contributed by atoms with Crippen LogP contribution in [0.1, 0.15) is 42.6 Å². The Labute approximate surface area is 178 Å². The molecule has 0 radical (unpaired) electrons. The summed E-state index contributed by atoms with van der Waals surface area (Å²) in [4.78, 5) is 23.7. The highest BCUT2D eigenvalue weighted by Gasteiger charge is 2.22. The van der Waals surface area contributed by atoms with E-state index in [4.69, 9.17) is 9.72 Å². The van der Waals surface area contributed by atoms with E-state index in [-0.39, 0.29) is 11.9 Å². The van der Waals surface area contributed by atoms with Crippen LogP contribution < -0.4 is 20.9 Å². The lowest BCUT2D eigenvalue weighted by atomic mass is 10.1. The average molecular weight is 413 g/mol. The van der Waals surface area contributed by atoms with Crippen molar-refractivity contribution in [2.75, 3.05) is 42.8 Å². The van der Waals surface area contributed by atoms with Crippen molar-refractivity contribution in [1.82, 2.24) is 15.3 Å². The molecule has 1 amide bonds. The fraction of sp³-hybridized carbons (Fsp3) is 0.500. The number of carbonyl (C=O) groups excluding carboxylic acids is 1. The van der Waals surface area contributed by atoms with Gasteiger partial charge in [-0.3, -0.25) is 4.79 Å². The molecule has 1 fully saturated rings. The van der Waals surface area contributed by atoms with Crippen molar-refractivity contribution in [1.29, 1.82) is 0 Å². The number of nitrogens with one attached hydrogen (secondary N) is 3. The van der Waals surface area contributed by atoms with Crippen LogP contribution in [0.25, 0.3) is 0 Å². The first kappa shape index (κ1) is 21.8. The van der Waals surface area contributed by atoms with E-state index in [9.17, 15) is 4.79 Å². The summed E-state index contributed by atoms with van der Waals surface area (Å²) in [6, 6.07) is 6.05. The molecule has 1 saturated heterocycles. The minimum absolute atomic E-state index is 0.0744. The van der Waals surface area contributed by atoms with E-state index in [1.165, 1.54) is 0 Å². The van der Waals surface area contributed by atoms with Crippen LogP contribution in [0.4, 0.5) is 23.1 Å². The van der Waals surface area contributed by atoms with Crippen molar-refractivity contribution in [3.05, 3.63) is 35.5 Å². The Bertz CT molecular complexity index is 880. The highest BCUT2D eigenvalue weighted by atomic mass is 16.5. The van der Waals surface area contributed by atoms with Gasteiger partial charge >= 0.3 is 0 Å². The molecule has 2 heterocycles. The lowest BCUT2D eigenvalue weighted by Crippen LogP contribution is -2.37. The summed E-state index contributed by atoms with van der Waals surface area (Å²) in [5.41, 5.74) is 3.34. The number of anilines is 4. The number of aromatic nitrogens is 2. The second-order valence-corrected chi connectivity index (χ2v) is 7.92. The van der Waals surface area contributed by atoms with Crippen molar-refractivity contribution in [2.24, 2.45) is 0 Å². The highest BCUT2D eigenvalue weighted by Crippen LogP contribution is 2.28. The zero-order valence-electron chi connectivity index (χ0n) is 18.5. The number of rotatable bonds is 7. The van der Waals surface area contributed by atoms with Crippen LogP contribution in [0.15, 0.2) is 24.4 Å². The highest BCUT2D eigenvalue weighted by molar-refractivity contribution is 5.95. The van der Waals surface area contributed by atoms with Crippen LogP contribution in [0.5, 0.6) is 0 Å². The van der Waals surface area contributed by atoms with Crippen LogP contribution >= 0.6 is 0 Å². The van der Waals surface area contributed by atoms with E-state index in [0.717, 1.165) is 48.8 Å². The fourth-order valence-corrected chi connectivity index (χ4v) is 3.53. The molecule has 1 aromatic heterocycles.